The first-order valence-corrected chi connectivity index (χ1v) is 13.9. The molecular weight excluding hydrogens is 488 g/mol. The van der Waals surface area contributed by atoms with Gasteiger partial charge in [0, 0.05) is 48.0 Å². The smallest absolute Gasteiger partial charge is 0.248 e. The Bertz CT molecular complexity index is 1520. The van der Waals surface area contributed by atoms with Crippen LogP contribution in [0, 0.1) is 6.92 Å². The number of carbonyl (C=O) groups excluding carboxylic acids is 2. The molecule has 2 N–H and O–H groups in total. The van der Waals surface area contributed by atoms with Gasteiger partial charge in [0.25, 0.3) is 0 Å². The monoisotopic (exact) mass is 520 g/mol. The van der Waals surface area contributed by atoms with Crippen molar-refractivity contribution < 1.29 is 18.0 Å². The molecule has 0 bridgehead atoms. The average Bonchev–Trinajstić information content (AvgIpc) is 3.30. The Kier molecular flexibility index (Phi) is 7.77. The van der Waals surface area contributed by atoms with Crippen molar-refractivity contribution in [1.29, 1.82) is 0 Å². The highest BCUT2D eigenvalue weighted by Crippen LogP contribution is 2.37. The molecule has 2 heterocycles. The largest absolute Gasteiger partial charge is 0.354 e. The topological polar surface area (TPSA) is 103 Å². The van der Waals surface area contributed by atoms with Crippen LogP contribution in [-0.2, 0) is 14.8 Å². The summed E-state index contributed by atoms with van der Waals surface area (Å²) >= 11 is 0. The molecule has 0 atom stereocenters. The second-order valence-corrected chi connectivity index (χ2v) is 11.5. The summed E-state index contributed by atoms with van der Waals surface area (Å²) in [4.78, 5) is 29.6. The Morgan fingerprint density at radius 1 is 1.19 bits per heavy atom. The van der Waals surface area contributed by atoms with Gasteiger partial charge in [-0.25, -0.2) is 8.42 Å². The van der Waals surface area contributed by atoms with Crippen molar-refractivity contribution in [3.8, 4) is 11.1 Å². The molecule has 194 valence electrons. The van der Waals surface area contributed by atoms with Crippen LogP contribution in [0.4, 0.5) is 5.69 Å². The van der Waals surface area contributed by atoms with E-state index < -0.39 is 10.0 Å². The minimum absolute atomic E-state index is 0.195. The summed E-state index contributed by atoms with van der Waals surface area (Å²) in [6.45, 7) is 3.37. The number of rotatable bonds is 8. The molecule has 0 spiro atoms. The predicted octanol–water partition coefficient (Wildman–Crippen LogP) is 4.06. The van der Waals surface area contributed by atoms with Crippen LogP contribution in [0.1, 0.15) is 28.0 Å². The van der Waals surface area contributed by atoms with Gasteiger partial charge in [0.1, 0.15) is 0 Å². The second kappa shape index (κ2) is 10.8. The molecule has 1 aliphatic heterocycles. The van der Waals surface area contributed by atoms with Gasteiger partial charge in [-0.2, -0.15) is 4.31 Å². The lowest BCUT2D eigenvalue weighted by atomic mass is 9.94. The van der Waals surface area contributed by atoms with Crippen LogP contribution < -0.4 is 5.32 Å². The Morgan fingerprint density at radius 2 is 1.97 bits per heavy atom. The molecule has 0 radical (unpaired) electrons. The zero-order chi connectivity index (χ0) is 26.7. The van der Waals surface area contributed by atoms with Crippen LogP contribution in [0.5, 0.6) is 0 Å². The maximum absolute atomic E-state index is 12.4. The molecule has 3 aromatic rings. The number of hydrogen-bond donors (Lipinski definition) is 2. The van der Waals surface area contributed by atoms with Crippen LogP contribution in [0.15, 0.2) is 54.6 Å². The van der Waals surface area contributed by atoms with E-state index >= 15 is 0 Å². The van der Waals surface area contributed by atoms with Gasteiger partial charge in [-0.3, -0.25) is 9.59 Å². The number of nitrogens with zero attached hydrogens (tertiary/aromatic N) is 2. The fraction of sp³-hybridized carbons (Fsp3) is 0.286. The van der Waals surface area contributed by atoms with Crippen LogP contribution in [0.3, 0.4) is 0 Å². The normalized spacial score (nSPS) is 14.9. The highest BCUT2D eigenvalue weighted by atomic mass is 32.2. The van der Waals surface area contributed by atoms with Crippen molar-refractivity contribution in [3.05, 3.63) is 71.4 Å². The lowest BCUT2D eigenvalue weighted by Gasteiger charge is -2.23. The first-order valence-electron chi connectivity index (χ1n) is 12.1. The molecule has 1 aliphatic rings. The Morgan fingerprint density at radius 3 is 2.62 bits per heavy atom. The highest BCUT2D eigenvalue weighted by molar-refractivity contribution is 7.88. The maximum Gasteiger partial charge on any atom is 0.248 e. The molecule has 0 saturated heterocycles. The summed E-state index contributed by atoms with van der Waals surface area (Å²) in [5.74, 6) is -0.195. The molecule has 37 heavy (non-hydrogen) atoms. The standard InChI is InChI=1S/C28H32N4O4S/c1-19-22(7-5-8-25(19)29-27(34)9-6-14-31(2)3)23-11-10-21(18-33)28-24(23)17-26(30-28)20-12-15-32(16-13-20)37(4,35)36/h5-12,17-18,30H,13-16H2,1-4H3,(H,29,34)/b9-6+. The fourth-order valence-electron chi connectivity index (χ4n) is 4.55. The van der Waals surface area contributed by atoms with Crippen LogP contribution in [0.25, 0.3) is 27.6 Å². The number of fused-ring (bicyclic) bond motifs is 1. The van der Waals surface area contributed by atoms with E-state index in [1.807, 2.05) is 68.4 Å². The third kappa shape index (κ3) is 5.90. The summed E-state index contributed by atoms with van der Waals surface area (Å²) in [5.41, 5.74) is 6.68. The van der Waals surface area contributed by atoms with E-state index in [-0.39, 0.29) is 5.91 Å². The fourth-order valence-corrected chi connectivity index (χ4v) is 5.32. The third-order valence-electron chi connectivity index (χ3n) is 6.56. The second-order valence-electron chi connectivity index (χ2n) is 9.52. The molecule has 2 aromatic carbocycles. The van der Waals surface area contributed by atoms with Gasteiger partial charge >= 0.3 is 0 Å². The molecule has 8 nitrogen and oxygen atoms in total. The van der Waals surface area contributed by atoms with Crippen LogP contribution in [-0.4, -0.2) is 74.8 Å². The van der Waals surface area contributed by atoms with Crippen molar-refractivity contribution in [2.24, 2.45) is 0 Å². The van der Waals surface area contributed by atoms with E-state index in [9.17, 15) is 18.0 Å². The molecule has 0 fully saturated rings. The SMILES string of the molecule is Cc1c(NC(=O)/C=C/CN(C)C)cccc1-c1ccc(C=O)c2[nH]c(C3=CCN(S(C)(=O)=O)CC3)cc12. The van der Waals surface area contributed by atoms with E-state index in [1.165, 1.54) is 16.6 Å². The molecule has 0 aliphatic carbocycles. The number of aromatic amines is 1. The first-order chi connectivity index (χ1) is 17.6. The van der Waals surface area contributed by atoms with Gasteiger partial charge < -0.3 is 15.2 Å². The number of sulfonamides is 1. The Hall–Kier alpha value is -3.53. The van der Waals surface area contributed by atoms with Crippen molar-refractivity contribution in [1.82, 2.24) is 14.2 Å². The van der Waals surface area contributed by atoms with Gasteiger partial charge in [-0.1, -0.05) is 30.4 Å². The van der Waals surface area contributed by atoms with Gasteiger partial charge in [0.2, 0.25) is 15.9 Å². The third-order valence-corrected chi connectivity index (χ3v) is 7.83. The maximum atomic E-state index is 12.4. The van der Waals surface area contributed by atoms with Crippen molar-refractivity contribution in [2.45, 2.75) is 13.3 Å². The van der Waals surface area contributed by atoms with Gasteiger partial charge in [-0.15, -0.1) is 0 Å². The van der Waals surface area contributed by atoms with Gasteiger partial charge in [0.05, 0.1) is 11.8 Å². The van der Waals surface area contributed by atoms with Crippen molar-refractivity contribution in [3.63, 3.8) is 0 Å². The lowest BCUT2D eigenvalue weighted by Crippen LogP contribution is -2.33. The Labute approximate surface area is 217 Å². The average molecular weight is 521 g/mol. The first kappa shape index (κ1) is 26.5. The summed E-state index contributed by atoms with van der Waals surface area (Å²) in [6.07, 6.45) is 7.89. The van der Waals surface area contributed by atoms with Crippen LogP contribution >= 0.6 is 0 Å². The highest BCUT2D eigenvalue weighted by Gasteiger charge is 2.22. The molecule has 0 unspecified atom stereocenters. The number of likely N-dealkylation sites (N-methyl/N-ethyl adjacent to an activating group) is 1. The number of nitrogens with one attached hydrogen (secondary N) is 2. The minimum atomic E-state index is -3.24. The predicted molar refractivity (Wildman–Crippen MR) is 149 cm³/mol. The molecular formula is C28H32N4O4S. The Balaban J connectivity index is 1.71. The molecule has 1 aromatic heterocycles. The minimum Gasteiger partial charge on any atom is -0.354 e. The van der Waals surface area contributed by atoms with E-state index in [4.69, 9.17) is 0 Å². The number of H-pyrrole nitrogens is 1. The number of aromatic nitrogens is 1. The van der Waals surface area contributed by atoms with E-state index in [0.717, 1.165) is 50.8 Å². The number of aldehydes is 1. The summed E-state index contributed by atoms with van der Waals surface area (Å²) in [6, 6.07) is 11.5. The van der Waals surface area contributed by atoms with E-state index in [0.29, 0.717) is 31.6 Å². The number of anilines is 1. The zero-order valence-electron chi connectivity index (χ0n) is 21.5. The van der Waals surface area contributed by atoms with E-state index in [1.54, 1.807) is 6.07 Å². The molecule has 4 rings (SSSR count). The van der Waals surface area contributed by atoms with E-state index in [2.05, 4.69) is 10.3 Å². The lowest BCUT2D eigenvalue weighted by molar-refractivity contribution is -0.111. The summed E-state index contributed by atoms with van der Waals surface area (Å²) in [7, 11) is 0.637. The van der Waals surface area contributed by atoms with Crippen molar-refractivity contribution in [2.75, 3.05) is 45.3 Å². The van der Waals surface area contributed by atoms with Crippen molar-refractivity contribution >= 4 is 44.4 Å². The number of benzene rings is 2. The van der Waals surface area contributed by atoms with Crippen LogP contribution in [0.2, 0.25) is 0 Å². The molecule has 0 saturated carbocycles. The van der Waals surface area contributed by atoms with Gasteiger partial charge in [0.15, 0.2) is 6.29 Å². The number of hydrogen-bond acceptors (Lipinski definition) is 5. The van der Waals surface area contributed by atoms with Gasteiger partial charge in [-0.05, 0) is 67.9 Å². The number of carbonyl (C=O) groups is 2. The molecule has 1 amide bonds. The molecule has 9 heteroatoms. The number of amides is 1. The quantitative estimate of drug-likeness (QED) is 0.345. The summed E-state index contributed by atoms with van der Waals surface area (Å²) < 4.78 is 25.2. The zero-order valence-corrected chi connectivity index (χ0v) is 22.4. The summed E-state index contributed by atoms with van der Waals surface area (Å²) in [5, 5.41) is 3.86.